The first-order chi connectivity index (χ1) is 15.0. The third-order valence-electron chi connectivity index (χ3n) is 4.32. The molecule has 9 heteroatoms. The van der Waals surface area contributed by atoms with Crippen LogP contribution in [-0.4, -0.2) is 33.8 Å². The quantitative estimate of drug-likeness (QED) is 0.473. The van der Waals surface area contributed by atoms with Crippen LogP contribution in [0.15, 0.2) is 54.6 Å². The van der Waals surface area contributed by atoms with E-state index in [2.05, 4.69) is 33.0 Å². The maximum Gasteiger partial charge on any atom is 0.286 e. The molecule has 0 saturated carbocycles. The summed E-state index contributed by atoms with van der Waals surface area (Å²) in [6.07, 6.45) is 1.79. The average Bonchev–Trinajstić information content (AvgIpc) is 3.22. The summed E-state index contributed by atoms with van der Waals surface area (Å²) in [6, 6.07) is 15.9. The van der Waals surface area contributed by atoms with Gasteiger partial charge in [0, 0.05) is 17.5 Å². The average molecular weight is 459 g/mol. The van der Waals surface area contributed by atoms with Gasteiger partial charge in [-0.3, -0.25) is 9.59 Å². The third kappa shape index (κ3) is 7.76. The minimum Gasteiger partial charge on any atom is -0.353 e. The summed E-state index contributed by atoms with van der Waals surface area (Å²) in [5, 5.41) is 14.3. The van der Waals surface area contributed by atoms with Crippen molar-refractivity contribution in [3.63, 3.8) is 0 Å². The topological polar surface area (TPSA) is 84.0 Å². The lowest BCUT2D eigenvalue weighted by molar-refractivity contribution is -0.119. The third-order valence-corrected chi connectivity index (χ3v) is 6.37. The molecule has 1 aromatic heterocycles. The first-order valence-corrected chi connectivity index (χ1v) is 11.8. The number of carbonyl (C=O) groups excluding carboxylic acids is 2. The van der Waals surface area contributed by atoms with Crippen molar-refractivity contribution in [3.8, 4) is 0 Å². The van der Waals surface area contributed by atoms with E-state index in [9.17, 15) is 14.0 Å². The van der Waals surface area contributed by atoms with Crippen LogP contribution >= 0.6 is 23.1 Å². The molecule has 6 nitrogen and oxygen atoms in total. The Labute approximate surface area is 188 Å². The zero-order chi connectivity index (χ0) is 22.1. The molecular formula is C22H23FN4O2S2. The summed E-state index contributed by atoms with van der Waals surface area (Å²) in [4.78, 5) is 24.3. The van der Waals surface area contributed by atoms with Gasteiger partial charge < -0.3 is 10.6 Å². The van der Waals surface area contributed by atoms with Crippen LogP contribution in [0.5, 0.6) is 0 Å². The largest absolute Gasteiger partial charge is 0.353 e. The highest BCUT2D eigenvalue weighted by molar-refractivity contribution is 7.99. The Morgan fingerprint density at radius 3 is 2.71 bits per heavy atom. The van der Waals surface area contributed by atoms with Crippen LogP contribution in [0.1, 0.15) is 33.7 Å². The molecule has 2 amide bonds. The molecule has 3 aromatic rings. The van der Waals surface area contributed by atoms with Crippen molar-refractivity contribution in [2.45, 2.75) is 31.6 Å². The molecule has 0 radical (unpaired) electrons. The minimum atomic E-state index is -0.440. The number of aryl methyl sites for hydroxylation is 1. The van der Waals surface area contributed by atoms with Gasteiger partial charge in [0.1, 0.15) is 10.8 Å². The van der Waals surface area contributed by atoms with Gasteiger partial charge in [-0.2, -0.15) is 0 Å². The molecule has 0 bridgehead atoms. The lowest BCUT2D eigenvalue weighted by Crippen LogP contribution is -2.34. The number of hydrogen-bond acceptors (Lipinski definition) is 6. The minimum absolute atomic E-state index is 0.0286. The molecule has 0 fully saturated rings. The second-order valence-electron chi connectivity index (χ2n) is 6.95. The number of hydrogen-bond donors (Lipinski definition) is 2. The fourth-order valence-corrected chi connectivity index (χ4v) is 4.42. The zero-order valence-electron chi connectivity index (χ0n) is 17.0. The number of carbonyl (C=O) groups is 2. The fourth-order valence-electron chi connectivity index (χ4n) is 2.80. The Bertz CT molecular complexity index is 1010. The van der Waals surface area contributed by atoms with E-state index < -0.39 is 11.7 Å². The lowest BCUT2D eigenvalue weighted by atomic mass is 10.1. The zero-order valence-corrected chi connectivity index (χ0v) is 18.6. The van der Waals surface area contributed by atoms with Crippen LogP contribution in [0.3, 0.4) is 0 Å². The molecule has 0 aliphatic heterocycles. The summed E-state index contributed by atoms with van der Waals surface area (Å²) in [5.74, 6) is -0.111. The van der Waals surface area contributed by atoms with Crippen LogP contribution < -0.4 is 10.6 Å². The molecule has 0 unspecified atom stereocenters. The molecule has 1 atom stereocenters. The summed E-state index contributed by atoms with van der Waals surface area (Å²) < 4.78 is 13.2. The standard InChI is InChI=1S/C22H23FN4O2S2/c1-15(10-11-16-6-3-2-4-7-16)24-19(28)13-30-14-20-26-27-22(31-20)21(29)25-18-9-5-8-17(23)12-18/h2-9,12,15H,10-11,13-14H2,1H3,(H,24,28)(H,25,29)/t15-/m0/s1. The van der Waals surface area contributed by atoms with E-state index in [-0.39, 0.29) is 17.0 Å². The van der Waals surface area contributed by atoms with Crippen molar-refractivity contribution in [2.24, 2.45) is 0 Å². The van der Waals surface area contributed by atoms with Gasteiger partial charge in [0.15, 0.2) is 0 Å². The van der Waals surface area contributed by atoms with Gasteiger partial charge in [0.05, 0.1) is 5.75 Å². The van der Waals surface area contributed by atoms with E-state index in [1.165, 1.54) is 35.5 Å². The molecule has 0 spiro atoms. The van der Waals surface area contributed by atoms with Crippen LogP contribution in [0, 0.1) is 5.82 Å². The highest BCUT2D eigenvalue weighted by atomic mass is 32.2. The normalized spacial score (nSPS) is 11.7. The molecule has 31 heavy (non-hydrogen) atoms. The number of benzene rings is 2. The van der Waals surface area contributed by atoms with Gasteiger partial charge in [-0.05, 0) is 43.5 Å². The summed E-state index contributed by atoms with van der Waals surface area (Å²) in [5.41, 5.74) is 1.61. The number of aromatic nitrogens is 2. The highest BCUT2D eigenvalue weighted by Crippen LogP contribution is 2.18. The Hall–Kier alpha value is -2.78. The monoisotopic (exact) mass is 458 g/mol. The van der Waals surface area contributed by atoms with E-state index in [4.69, 9.17) is 0 Å². The number of amides is 2. The van der Waals surface area contributed by atoms with E-state index in [1.807, 2.05) is 25.1 Å². The van der Waals surface area contributed by atoms with E-state index in [0.29, 0.717) is 22.2 Å². The number of rotatable bonds is 10. The van der Waals surface area contributed by atoms with Crippen molar-refractivity contribution < 1.29 is 14.0 Å². The van der Waals surface area contributed by atoms with Gasteiger partial charge in [0.25, 0.3) is 5.91 Å². The molecule has 0 aliphatic carbocycles. The van der Waals surface area contributed by atoms with Crippen LogP contribution in [0.4, 0.5) is 10.1 Å². The fraction of sp³-hybridized carbons (Fsp3) is 0.273. The van der Waals surface area contributed by atoms with Crippen LogP contribution in [-0.2, 0) is 17.0 Å². The Balaban J connectivity index is 1.37. The number of nitrogens with zero attached hydrogens (tertiary/aromatic N) is 2. The summed E-state index contributed by atoms with van der Waals surface area (Å²) in [6.45, 7) is 2.00. The number of thioether (sulfide) groups is 1. The van der Waals surface area contributed by atoms with Crippen LogP contribution in [0.2, 0.25) is 0 Å². The second kappa shape index (κ2) is 11.6. The van der Waals surface area contributed by atoms with Gasteiger partial charge in [-0.15, -0.1) is 22.0 Å². The van der Waals surface area contributed by atoms with Crippen LogP contribution in [0.25, 0.3) is 0 Å². The maximum absolute atomic E-state index is 13.2. The molecule has 2 N–H and O–H groups in total. The molecule has 0 saturated heterocycles. The van der Waals surface area contributed by atoms with Crippen molar-refractivity contribution in [1.29, 1.82) is 0 Å². The van der Waals surface area contributed by atoms with E-state index in [0.717, 1.165) is 24.2 Å². The molecule has 1 heterocycles. The lowest BCUT2D eigenvalue weighted by Gasteiger charge is -2.13. The first kappa shape index (κ1) is 22.9. The molecular weight excluding hydrogens is 435 g/mol. The van der Waals surface area contributed by atoms with Gasteiger partial charge >= 0.3 is 0 Å². The first-order valence-electron chi connectivity index (χ1n) is 9.80. The predicted octanol–water partition coefficient (Wildman–Crippen LogP) is 4.30. The van der Waals surface area contributed by atoms with E-state index >= 15 is 0 Å². The van der Waals surface area contributed by atoms with Crippen molar-refractivity contribution in [1.82, 2.24) is 15.5 Å². The second-order valence-corrected chi connectivity index (χ2v) is 9.00. The predicted molar refractivity (Wildman–Crippen MR) is 123 cm³/mol. The van der Waals surface area contributed by atoms with Crippen molar-refractivity contribution in [3.05, 3.63) is 76.0 Å². The molecule has 2 aromatic carbocycles. The molecule has 3 rings (SSSR count). The smallest absolute Gasteiger partial charge is 0.286 e. The maximum atomic E-state index is 13.2. The van der Waals surface area contributed by atoms with Crippen molar-refractivity contribution in [2.75, 3.05) is 11.1 Å². The van der Waals surface area contributed by atoms with E-state index in [1.54, 1.807) is 6.07 Å². The highest BCUT2D eigenvalue weighted by Gasteiger charge is 2.14. The number of nitrogens with one attached hydrogen (secondary N) is 2. The van der Waals surface area contributed by atoms with Gasteiger partial charge in [-0.1, -0.05) is 47.7 Å². The van der Waals surface area contributed by atoms with Gasteiger partial charge in [-0.25, -0.2) is 4.39 Å². The Morgan fingerprint density at radius 2 is 1.94 bits per heavy atom. The van der Waals surface area contributed by atoms with Crippen molar-refractivity contribution >= 4 is 40.6 Å². The molecule has 0 aliphatic rings. The summed E-state index contributed by atoms with van der Waals surface area (Å²) in [7, 11) is 0. The molecule has 162 valence electrons. The number of anilines is 1. The van der Waals surface area contributed by atoms with Gasteiger partial charge in [0.2, 0.25) is 10.9 Å². The Kier molecular flexibility index (Phi) is 8.54. The Morgan fingerprint density at radius 1 is 1.13 bits per heavy atom. The number of halogens is 1. The summed E-state index contributed by atoms with van der Waals surface area (Å²) >= 11 is 2.57. The SMILES string of the molecule is C[C@@H](CCc1ccccc1)NC(=O)CSCc1nnc(C(=O)Nc2cccc(F)c2)s1.